The largest absolute Gasteiger partial charge is 0.452 e. The number of ketones is 1. The van der Waals surface area contributed by atoms with Crippen molar-refractivity contribution in [2.45, 2.75) is 19.6 Å². The van der Waals surface area contributed by atoms with Gasteiger partial charge in [-0.3, -0.25) is 9.69 Å². The third kappa shape index (κ3) is 3.30. The SMILES string of the molecule is Cc1ccc2c(c1)C(=O)C1=Nc3ccc(C)cc3C(Oc3ccccc3)(C(=O)Oc3ccccc3)N12. The summed E-state index contributed by atoms with van der Waals surface area (Å²) in [7, 11) is 0. The highest BCUT2D eigenvalue weighted by molar-refractivity contribution is 6.55. The zero-order valence-corrected chi connectivity index (χ0v) is 19.8. The average Bonchev–Trinajstić information content (AvgIpc) is 3.16. The van der Waals surface area contributed by atoms with Crippen LogP contribution in [0.1, 0.15) is 27.0 Å². The fourth-order valence-corrected chi connectivity index (χ4v) is 4.70. The highest BCUT2D eigenvalue weighted by Gasteiger charge is 2.60. The van der Waals surface area contributed by atoms with Gasteiger partial charge in [0.1, 0.15) is 11.5 Å². The minimum Gasteiger partial charge on any atom is -0.452 e. The summed E-state index contributed by atoms with van der Waals surface area (Å²) >= 11 is 0. The van der Waals surface area contributed by atoms with E-state index < -0.39 is 11.7 Å². The lowest BCUT2D eigenvalue weighted by Crippen LogP contribution is -2.61. The first-order chi connectivity index (χ1) is 17.5. The molecule has 0 saturated carbocycles. The van der Waals surface area contributed by atoms with Gasteiger partial charge >= 0.3 is 11.7 Å². The molecule has 4 aromatic rings. The summed E-state index contributed by atoms with van der Waals surface area (Å²) in [5.74, 6) is -0.0184. The van der Waals surface area contributed by atoms with E-state index in [-0.39, 0.29) is 11.6 Å². The number of para-hydroxylation sites is 2. The Bertz CT molecular complexity index is 1550. The van der Waals surface area contributed by atoms with E-state index in [1.54, 1.807) is 47.4 Å². The van der Waals surface area contributed by atoms with Crippen LogP contribution in [-0.2, 0) is 10.5 Å². The van der Waals surface area contributed by atoms with Crippen LogP contribution in [0.3, 0.4) is 0 Å². The number of nitrogens with zero attached hydrogens (tertiary/aromatic N) is 2. The second-order valence-electron chi connectivity index (χ2n) is 8.90. The lowest BCUT2D eigenvalue weighted by Gasteiger charge is -2.43. The Kier molecular flexibility index (Phi) is 4.97. The van der Waals surface area contributed by atoms with E-state index in [2.05, 4.69) is 0 Å². The Balaban J connectivity index is 1.65. The van der Waals surface area contributed by atoms with E-state index in [9.17, 15) is 9.59 Å². The number of benzene rings is 4. The summed E-state index contributed by atoms with van der Waals surface area (Å²) in [5, 5.41) is 0. The number of carbonyl (C=O) groups excluding carboxylic acids is 2. The van der Waals surface area contributed by atoms with Crippen LogP contribution in [0.4, 0.5) is 11.4 Å². The van der Waals surface area contributed by atoms with Crippen molar-refractivity contribution in [1.29, 1.82) is 0 Å². The van der Waals surface area contributed by atoms with Gasteiger partial charge in [0.05, 0.1) is 22.5 Å². The lowest BCUT2D eigenvalue weighted by molar-refractivity contribution is -0.152. The predicted molar refractivity (Wildman–Crippen MR) is 137 cm³/mol. The first-order valence-corrected chi connectivity index (χ1v) is 11.6. The van der Waals surface area contributed by atoms with Crippen LogP contribution in [0.2, 0.25) is 0 Å². The molecule has 0 N–H and O–H groups in total. The summed E-state index contributed by atoms with van der Waals surface area (Å²) in [4.78, 5) is 34.2. The van der Waals surface area contributed by atoms with Gasteiger partial charge in [-0.05, 0) is 62.4 Å². The second kappa shape index (κ2) is 8.20. The molecule has 4 aromatic carbocycles. The molecule has 6 nitrogen and oxygen atoms in total. The maximum atomic E-state index is 14.3. The van der Waals surface area contributed by atoms with Crippen molar-refractivity contribution in [2.24, 2.45) is 4.99 Å². The molecule has 1 atom stereocenters. The third-order valence-corrected chi connectivity index (χ3v) is 6.35. The van der Waals surface area contributed by atoms with Crippen molar-refractivity contribution in [3.05, 3.63) is 119 Å². The molecule has 0 fully saturated rings. The highest BCUT2D eigenvalue weighted by Crippen LogP contribution is 2.49. The van der Waals surface area contributed by atoms with Gasteiger partial charge in [-0.1, -0.05) is 59.7 Å². The van der Waals surface area contributed by atoms with E-state index in [1.807, 2.05) is 68.4 Å². The second-order valence-corrected chi connectivity index (χ2v) is 8.90. The monoisotopic (exact) mass is 474 g/mol. The molecule has 176 valence electrons. The summed E-state index contributed by atoms with van der Waals surface area (Å²) in [6.07, 6.45) is 0. The van der Waals surface area contributed by atoms with Gasteiger partial charge in [-0.15, -0.1) is 0 Å². The van der Waals surface area contributed by atoms with Gasteiger partial charge in [0, 0.05) is 0 Å². The average molecular weight is 475 g/mol. The molecule has 2 heterocycles. The minimum absolute atomic E-state index is 0.118. The number of ether oxygens (including phenoxy) is 2. The molecule has 1 unspecified atom stereocenters. The van der Waals surface area contributed by atoms with E-state index in [4.69, 9.17) is 14.5 Å². The van der Waals surface area contributed by atoms with Crippen LogP contribution in [-0.4, -0.2) is 17.6 Å². The summed E-state index contributed by atoms with van der Waals surface area (Å²) in [5.41, 5.74) is 1.98. The number of Topliss-reactive ketones (excluding diaryl/α,β-unsaturated/α-hetero) is 1. The molecule has 0 saturated heterocycles. The molecule has 6 rings (SSSR count). The Labute approximate surface area is 208 Å². The van der Waals surface area contributed by atoms with E-state index in [0.29, 0.717) is 34.0 Å². The molecule has 0 aromatic heterocycles. The molecule has 6 heteroatoms. The van der Waals surface area contributed by atoms with Crippen LogP contribution in [0.15, 0.2) is 102 Å². The number of amidine groups is 1. The molecule has 0 bridgehead atoms. The van der Waals surface area contributed by atoms with Crippen molar-refractivity contribution in [3.8, 4) is 11.5 Å². The molecule has 0 aliphatic carbocycles. The minimum atomic E-state index is -1.84. The molecular formula is C30H22N2O4. The Morgan fingerprint density at radius 2 is 1.44 bits per heavy atom. The van der Waals surface area contributed by atoms with Gasteiger partial charge in [0.25, 0.3) is 0 Å². The zero-order chi connectivity index (χ0) is 24.9. The quantitative estimate of drug-likeness (QED) is 0.273. The number of anilines is 1. The predicted octanol–water partition coefficient (Wildman–Crippen LogP) is 5.89. The number of esters is 1. The fraction of sp³-hybridized carbons (Fsp3) is 0.100. The smallest absolute Gasteiger partial charge is 0.383 e. The number of carbonyl (C=O) groups is 2. The normalized spacial score (nSPS) is 17.6. The first-order valence-electron chi connectivity index (χ1n) is 11.6. The number of aliphatic imine (C=N–C) groups is 1. The zero-order valence-electron chi connectivity index (χ0n) is 19.8. The number of hydrogen-bond donors (Lipinski definition) is 0. The van der Waals surface area contributed by atoms with Crippen molar-refractivity contribution < 1.29 is 19.1 Å². The third-order valence-electron chi connectivity index (χ3n) is 6.35. The van der Waals surface area contributed by atoms with Crippen molar-refractivity contribution >= 4 is 29.0 Å². The van der Waals surface area contributed by atoms with Gasteiger partial charge in [0.2, 0.25) is 5.78 Å². The lowest BCUT2D eigenvalue weighted by atomic mass is 9.94. The maximum absolute atomic E-state index is 14.3. The Morgan fingerprint density at radius 3 is 2.17 bits per heavy atom. The molecule has 2 aliphatic heterocycles. The Morgan fingerprint density at radius 1 is 0.806 bits per heavy atom. The topological polar surface area (TPSA) is 68.2 Å². The summed E-state index contributed by atoms with van der Waals surface area (Å²) in [6.45, 7) is 3.85. The van der Waals surface area contributed by atoms with Crippen molar-refractivity contribution in [3.63, 3.8) is 0 Å². The van der Waals surface area contributed by atoms with E-state index in [1.165, 1.54) is 0 Å². The van der Waals surface area contributed by atoms with Gasteiger partial charge < -0.3 is 9.47 Å². The van der Waals surface area contributed by atoms with Crippen LogP contribution in [0, 0.1) is 13.8 Å². The van der Waals surface area contributed by atoms with Crippen LogP contribution in [0.25, 0.3) is 0 Å². The van der Waals surface area contributed by atoms with Crippen LogP contribution >= 0.6 is 0 Å². The highest BCUT2D eigenvalue weighted by atomic mass is 16.6. The molecule has 0 amide bonds. The van der Waals surface area contributed by atoms with E-state index in [0.717, 1.165) is 11.1 Å². The molecule has 2 aliphatic rings. The van der Waals surface area contributed by atoms with Crippen LogP contribution < -0.4 is 14.4 Å². The molecule has 0 spiro atoms. The fourth-order valence-electron chi connectivity index (χ4n) is 4.70. The van der Waals surface area contributed by atoms with Gasteiger partial charge in [-0.2, -0.15) is 0 Å². The van der Waals surface area contributed by atoms with Crippen molar-refractivity contribution in [1.82, 2.24) is 0 Å². The first kappa shape index (κ1) is 21.8. The maximum Gasteiger partial charge on any atom is 0.383 e. The van der Waals surface area contributed by atoms with E-state index >= 15 is 0 Å². The Hall–Kier alpha value is -4.71. The van der Waals surface area contributed by atoms with Gasteiger partial charge in [-0.25, -0.2) is 9.79 Å². The number of hydrogen-bond acceptors (Lipinski definition) is 6. The standard InChI is InChI=1S/C30H22N2O4/c1-19-14-16-26-23(17-19)27(33)28-31-25-15-13-20(2)18-24(25)30(32(26)28,36-22-11-7-4-8-12-22)29(34)35-21-9-5-3-6-10-21/h3-18H,1-2H3. The molecule has 0 radical (unpaired) electrons. The summed E-state index contributed by atoms with van der Waals surface area (Å²) in [6, 6.07) is 29.0. The summed E-state index contributed by atoms with van der Waals surface area (Å²) < 4.78 is 12.6. The van der Waals surface area contributed by atoms with Gasteiger partial charge in [0.15, 0.2) is 5.84 Å². The number of rotatable bonds is 4. The number of aryl methyl sites for hydroxylation is 2. The molecule has 36 heavy (non-hydrogen) atoms. The molecular weight excluding hydrogens is 452 g/mol. The van der Waals surface area contributed by atoms with Crippen LogP contribution in [0.5, 0.6) is 11.5 Å². The number of fused-ring (bicyclic) bond motifs is 4. The van der Waals surface area contributed by atoms with Crippen molar-refractivity contribution in [2.75, 3.05) is 4.90 Å².